The minimum absolute atomic E-state index is 0.0810. The van der Waals surface area contributed by atoms with Gasteiger partial charge in [0.2, 0.25) is 5.43 Å². The molecule has 3 rings (SSSR count). The van der Waals surface area contributed by atoms with Gasteiger partial charge in [-0.05, 0) is 36.8 Å². The van der Waals surface area contributed by atoms with Crippen LogP contribution in [-0.2, 0) is 0 Å². The van der Waals surface area contributed by atoms with Crippen molar-refractivity contribution >= 4 is 22.5 Å². The number of hydrogen-bond acceptors (Lipinski definition) is 4. The number of para-hydroxylation sites is 1. The van der Waals surface area contributed by atoms with E-state index in [4.69, 9.17) is 16.2 Å². The van der Waals surface area contributed by atoms with Crippen LogP contribution in [0.2, 0.25) is 0 Å². The fraction of sp³-hybridized carbons (Fsp3) is 0.158. The Morgan fingerprint density at radius 2 is 1.96 bits per heavy atom. The van der Waals surface area contributed by atoms with Crippen molar-refractivity contribution in [2.24, 2.45) is 5.73 Å². The molecule has 6 heteroatoms. The minimum atomic E-state index is -0.774. The van der Waals surface area contributed by atoms with Gasteiger partial charge in [0, 0.05) is 17.3 Å². The highest BCUT2D eigenvalue weighted by molar-refractivity contribution is 5.96. The fourth-order valence-corrected chi connectivity index (χ4v) is 2.71. The molecule has 0 saturated heterocycles. The van der Waals surface area contributed by atoms with Gasteiger partial charge in [0.05, 0.1) is 17.8 Å². The van der Waals surface area contributed by atoms with Crippen LogP contribution in [-0.4, -0.2) is 17.1 Å². The quantitative estimate of drug-likeness (QED) is 0.698. The molecule has 0 radical (unpaired) electrons. The van der Waals surface area contributed by atoms with E-state index in [0.29, 0.717) is 34.6 Å². The van der Waals surface area contributed by atoms with E-state index < -0.39 is 5.91 Å². The Bertz CT molecular complexity index is 1010. The van der Waals surface area contributed by atoms with Crippen LogP contribution in [0.5, 0.6) is 5.75 Å². The molecule has 0 aliphatic carbocycles. The topological polar surface area (TPSA) is 100 Å². The first-order valence-electron chi connectivity index (χ1n) is 7.99. The van der Waals surface area contributed by atoms with Crippen LogP contribution in [0.4, 0.5) is 5.69 Å². The Morgan fingerprint density at radius 3 is 2.68 bits per heavy atom. The summed E-state index contributed by atoms with van der Waals surface area (Å²) in [6, 6.07) is 12.3. The van der Waals surface area contributed by atoms with E-state index in [-0.39, 0.29) is 11.0 Å². The van der Waals surface area contributed by atoms with Gasteiger partial charge < -0.3 is 20.8 Å². The number of amides is 1. The predicted molar refractivity (Wildman–Crippen MR) is 98.3 cm³/mol. The van der Waals surface area contributed by atoms with Crippen molar-refractivity contribution in [3.63, 3.8) is 0 Å². The molecule has 0 atom stereocenters. The molecule has 1 aromatic heterocycles. The predicted octanol–water partition coefficient (Wildman–Crippen LogP) is 2.46. The van der Waals surface area contributed by atoms with Crippen molar-refractivity contribution in [3.8, 4) is 11.4 Å². The highest BCUT2D eigenvalue weighted by Crippen LogP contribution is 2.28. The zero-order valence-corrected chi connectivity index (χ0v) is 13.9. The number of fused-ring (bicyclic) bond motifs is 1. The zero-order valence-electron chi connectivity index (χ0n) is 13.9. The number of nitrogens with zero attached hydrogens (tertiary/aromatic N) is 1. The van der Waals surface area contributed by atoms with Crippen molar-refractivity contribution in [2.75, 3.05) is 12.3 Å². The van der Waals surface area contributed by atoms with Crippen LogP contribution < -0.4 is 21.6 Å². The number of benzene rings is 2. The lowest BCUT2D eigenvalue weighted by Crippen LogP contribution is -2.24. The summed E-state index contributed by atoms with van der Waals surface area (Å²) in [6.07, 6.45) is 2.29. The van der Waals surface area contributed by atoms with E-state index in [0.717, 1.165) is 6.42 Å². The molecule has 6 nitrogen and oxygen atoms in total. The van der Waals surface area contributed by atoms with Gasteiger partial charge in [-0.3, -0.25) is 9.59 Å². The van der Waals surface area contributed by atoms with Crippen LogP contribution in [0.15, 0.2) is 53.5 Å². The Hall–Kier alpha value is -3.28. The van der Waals surface area contributed by atoms with Gasteiger partial charge in [-0.25, -0.2) is 0 Å². The number of aromatic nitrogens is 1. The third kappa shape index (κ3) is 3.06. The monoisotopic (exact) mass is 337 g/mol. The first-order chi connectivity index (χ1) is 12.0. The molecule has 4 N–H and O–H groups in total. The van der Waals surface area contributed by atoms with Gasteiger partial charge in [0.1, 0.15) is 11.3 Å². The van der Waals surface area contributed by atoms with Crippen molar-refractivity contribution in [3.05, 3.63) is 64.4 Å². The average Bonchev–Trinajstić information content (AvgIpc) is 2.61. The summed E-state index contributed by atoms with van der Waals surface area (Å²) in [5.41, 5.74) is 12.7. The molecule has 25 heavy (non-hydrogen) atoms. The number of ether oxygens (including phenoxy) is 1. The number of primary amides is 1. The second-order valence-corrected chi connectivity index (χ2v) is 5.70. The first kappa shape index (κ1) is 16.6. The molecule has 0 spiro atoms. The number of carbonyl (C=O) groups excluding carboxylic acids is 1. The van der Waals surface area contributed by atoms with Crippen LogP contribution in [0.3, 0.4) is 0 Å². The van der Waals surface area contributed by atoms with Gasteiger partial charge in [-0.15, -0.1) is 0 Å². The number of hydrogen-bond donors (Lipinski definition) is 2. The number of rotatable bonds is 5. The van der Waals surface area contributed by atoms with Gasteiger partial charge in [-0.1, -0.05) is 19.1 Å². The standard InChI is InChI=1S/C19H19N3O3/c1-2-9-25-17-8-7-12(20)10-16(17)22-11-14(19(21)24)18(23)13-5-3-4-6-15(13)22/h3-8,10-11H,2,9,20H2,1H3,(H2,21,24). The molecule has 3 aromatic rings. The third-order valence-corrected chi connectivity index (χ3v) is 3.88. The van der Waals surface area contributed by atoms with Gasteiger partial charge in [0.15, 0.2) is 0 Å². The smallest absolute Gasteiger partial charge is 0.254 e. The number of carbonyl (C=O) groups is 1. The molecular weight excluding hydrogens is 318 g/mol. The van der Waals surface area contributed by atoms with Crippen molar-refractivity contribution in [1.82, 2.24) is 4.57 Å². The van der Waals surface area contributed by atoms with Crippen LogP contribution in [0.1, 0.15) is 23.7 Å². The summed E-state index contributed by atoms with van der Waals surface area (Å²) in [5.74, 6) is -0.162. The second-order valence-electron chi connectivity index (χ2n) is 5.70. The number of anilines is 1. The molecule has 1 amide bonds. The maximum atomic E-state index is 12.5. The van der Waals surface area contributed by atoms with Crippen LogP contribution >= 0.6 is 0 Å². The van der Waals surface area contributed by atoms with Gasteiger partial charge in [-0.2, -0.15) is 0 Å². The van der Waals surface area contributed by atoms with Crippen molar-refractivity contribution in [1.29, 1.82) is 0 Å². The molecular formula is C19H19N3O3. The Morgan fingerprint density at radius 1 is 1.20 bits per heavy atom. The van der Waals surface area contributed by atoms with Gasteiger partial charge >= 0.3 is 0 Å². The highest BCUT2D eigenvalue weighted by atomic mass is 16.5. The number of nitrogens with two attached hydrogens (primary N) is 2. The molecule has 2 aromatic carbocycles. The molecule has 0 unspecified atom stereocenters. The molecule has 1 heterocycles. The summed E-state index contributed by atoms with van der Waals surface area (Å²) in [7, 11) is 0. The summed E-state index contributed by atoms with van der Waals surface area (Å²) in [4.78, 5) is 24.2. The normalized spacial score (nSPS) is 10.8. The van der Waals surface area contributed by atoms with E-state index in [1.165, 1.54) is 6.20 Å². The molecule has 0 aliphatic rings. The number of nitrogen functional groups attached to an aromatic ring is 1. The summed E-state index contributed by atoms with van der Waals surface area (Å²) < 4.78 is 7.52. The Balaban J connectivity index is 2.36. The molecule has 128 valence electrons. The summed E-state index contributed by atoms with van der Waals surface area (Å²) in [5, 5.41) is 0.405. The highest BCUT2D eigenvalue weighted by Gasteiger charge is 2.16. The van der Waals surface area contributed by atoms with Crippen LogP contribution in [0, 0.1) is 0 Å². The van der Waals surface area contributed by atoms with E-state index in [2.05, 4.69) is 0 Å². The second kappa shape index (κ2) is 6.68. The molecule has 0 bridgehead atoms. The average molecular weight is 337 g/mol. The van der Waals surface area contributed by atoms with E-state index in [1.807, 2.05) is 13.0 Å². The van der Waals surface area contributed by atoms with Crippen molar-refractivity contribution < 1.29 is 9.53 Å². The number of pyridine rings is 1. The molecule has 0 fully saturated rings. The lowest BCUT2D eigenvalue weighted by Gasteiger charge is -2.17. The first-order valence-corrected chi connectivity index (χ1v) is 7.99. The molecule has 0 saturated carbocycles. The van der Waals surface area contributed by atoms with E-state index >= 15 is 0 Å². The van der Waals surface area contributed by atoms with Crippen molar-refractivity contribution in [2.45, 2.75) is 13.3 Å². The largest absolute Gasteiger partial charge is 0.491 e. The maximum Gasteiger partial charge on any atom is 0.254 e. The lowest BCUT2D eigenvalue weighted by atomic mass is 10.1. The SMILES string of the molecule is CCCOc1ccc(N)cc1-n1cc(C(N)=O)c(=O)c2ccccc21. The summed E-state index contributed by atoms with van der Waals surface area (Å²) >= 11 is 0. The fourth-order valence-electron chi connectivity index (χ4n) is 2.71. The van der Waals surface area contributed by atoms with Gasteiger partial charge in [0.25, 0.3) is 5.91 Å². The van der Waals surface area contributed by atoms with E-state index in [9.17, 15) is 9.59 Å². The maximum absolute atomic E-state index is 12.5. The minimum Gasteiger partial charge on any atom is -0.491 e. The molecule has 0 aliphatic heterocycles. The van der Waals surface area contributed by atoms with Crippen LogP contribution in [0.25, 0.3) is 16.6 Å². The third-order valence-electron chi connectivity index (χ3n) is 3.88. The zero-order chi connectivity index (χ0) is 18.0. The summed E-state index contributed by atoms with van der Waals surface area (Å²) in [6.45, 7) is 2.55. The van der Waals surface area contributed by atoms with E-state index in [1.54, 1.807) is 41.0 Å². The lowest BCUT2D eigenvalue weighted by molar-refractivity contribution is 0.0999. The Labute approximate surface area is 144 Å². The Kier molecular flexibility index (Phi) is 4.43.